The zero-order valence-electron chi connectivity index (χ0n) is 10.5. The lowest BCUT2D eigenvalue weighted by molar-refractivity contribution is -0.142. The molecule has 0 aliphatic carbocycles. The molecule has 0 aromatic carbocycles. The minimum atomic E-state index is -3.88. The van der Waals surface area contributed by atoms with Crippen LogP contribution < -0.4 is 4.72 Å². The quantitative estimate of drug-likeness (QED) is 0.598. The summed E-state index contributed by atoms with van der Waals surface area (Å²) in [5.74, 6) is -0.692. The van der Waals surface area contributed by atoms with E-state index in [1.54, 1.807) is 0 Å². The highest BCUT2D eigenvalue weighted by Gasteiger charge is 2.27. The Morgan fingerprint density at radius 3 is 2.90 bits per heavy atom. The lowest BCUT2D eigenvalue weighted by Gasteiger charge is -2.15. The molecule has 0 amide bonds. The first-order chi connectivity index (χ1) is 9.53. The number of methoxy groups -OCH3 is 1. The number of aromatic nitrogens is 4. The van der Waals surface area contributed by atoms with Crippen molar-refractivity contribution in [2.75, 3.05) is 7.11 Å². The Balaban J connectivity index is 2.18. The maximum Gasteiger partial charge on any atom is 0.324 e. The Morgan fingerprint density at radius 1 is 1.55 bits per heavy atom. The van der Waals surface area contributed by atoms with Gasteiger partial charge in [0.25, 0.3) is 10.0 Å². The lowest BCUT2D eigenvalue weighted by Crippen LogP contribution is -2.43. The number of esters is 1. The molecule has 0 saturated carbocycles. The molecule has 0 fully saturated rings. The van der Waals surface area contributed by atoms with Gasteiger partial charge in [0, 0.05) is 18.3 Å². The molecule has 3 N–H and O–H groups in total. The third kappa shape index (κ3) is 3.22. The maximum atomic E-state index is 12.0. The SMILES string of the molecule is COC(=O)[C@H](Cc1cnc[nH]1)NS(=O)(=O)c1ccn[nH]1. The molecule has 2 aromatic heterocycles. The monoisotopic (exact) mass is 299 g/mol. The van der Waals surface area contributed by atoms with E-state index in [0.29, 0.717) is 5.69 Å². The van der Waals surface area contributed by atoms with Gasteiger partial charge in [-0.2, -0.15) is 9.82 Å². The van der Waals surface area contributed by atoms with Gasteiger partial charge in [-0.15, -0.1) is 0 Å². The first kappa shape index (κ1) is 14.2. The summed E-state index contributed by atoms with van der Waals surface area (Å²) in [5, 5.41) is 5.76. The summed E-state index contributed by atoms with van der Waals surface area (Å²) in [7, 11) is -2.69. The van der Waals surface area contributed by atoms with Crippen LogP contribution in [0.25, 0.3) is 0 Å². The van der Waals surface area contributed by atoms with Crippen molar-refractivity contribution < 1.29 is 17.9 Å². The Bertz CT molecular complexity index is 650. The van der Waals surface area contributed by atoms with Gasteiger partial charge in [-0.25, -0.2) is 13.4 Å². The van der Waals surface area contributed by atoms with Gasteiger partial charge >= 0.3 is 5.97 Å². The predicted molar refractivity (Wildman–Crippen MR) is 67.0 cm³/mol. The van der Waals surface area contributed by atoms with E-state index in [4.69, 9.17) is 0 Å². The lowest BCUT2D eigenvalue weighted by atomic mass is 10.2. The average Bonchev–Trinajstić information content (AvgIpc) is 3.09. The second-order valence-electron chi connectivity index (χ2n) is 3.90. The third-order valence-electron chi connectivity index (χ3n) is 2.53. The van der Waals surface area contributed by atoms with Crippen LogP contribution in [-0.2, 0) is 26.0 Å². The smallest absolute Gasteiger partial charge is 0.324 e. The number of hydrogen-bond donors (Lipinski definition) is 3. The normalized spacial score (nSPS) is 13.1. The van der Waals surface area contributed by atoms with Crippen molar-refractivity contribution in [2.45, 2.75) is 17.5 Å². The van der Waals surface area contributed by atoms with E-state index in [2.05, 4.69) is 29.6 Å². The Labute approximate surface area is 114 Å². The number of aromatic amines is 2. The summed E-state index contributed by atoms with van der Waals surface area (Å²) < 4.78 is 30.9. The highest BCUT2D eigenvalue weighted by atomic mass is 32.2. The Kier molecular flexibility index (Phi) is 4.15. The van der Waals surface area contributed by atoms with E-state index in [1.807, 2.05) is 0 Å². The molecule has 0 aliphatic rings. The van der Waals surface area contributed by atoms with E-state index in [9.17, 15) is 13.2 Å². The molecule has 20 heavy (non-hydrogen) atoms. The number of ether oxygens (including phenoxy) is 1. The van der Waals surface area contributed by atoms with E-state index in [-0.39, 0.29) is 11.4 Å². The largest absolute Gasteiger partial charge is 0.468 e. The van der Waals surface area contributed by atoms with Crippen LogP contribution in [0.3, 0.4) is 0 Å². The third-order valence-corrected chi connectivity index (χ3v) is 3.93. The van der Waals surface area contributed by atoms with Crippen molar-refractivity contribution in [3.63, 3.8) is 0 Å². The molecule has 0 spiro atoms. The zero-order valence-corrected chi connectivity index (χ0v) is 11.3. The van der Waals surface area contributed by atoms with E-state index in [0.717, 1.165) is 0 Å². The molecule has 2 heterocycles. The average molecular weight is 299 g/mol. The maximum absolute atomic E-state index is 12.0. The van der Waals surface area contributed by atoms with Crippen molar-refractivity contribution in [3.05, 3.63) is 30.5 Å². The first-order valence-electron chi connectivity index (χ1n) is 5.59. The predicted octanol–water partition coefficient (Wildman–Crippen LogP) is -0.805. The molecule has 0 unspecified atom stereocenters. The standard InChI is InChI=1S/C10H13N5O4S/c1-19-10(16)8(4-7-5-11-6-12-7)15-20(17,18)9-2-3-13-14-9/h2-3,5-6,8,15H,4H2,1H3,(H,11,12)(H,13,14)/t8-/m0/s1. The van der Waals surface area contributed by atoms with Gasteiger partial charge < -0.3 is 9.72 Å². The van der Waals surface area contributed by atoms with Crippen LogP contribution in [0, 0.1) is 0 Å². The van der Waals surface area contributed by atoms with Crippen molar-refractivity contribution in [3.8, 4) is 0 Å². The van der Waals surface area contributed by atoms with E-state index < -0.39 is 22.0 Å². The molecule has 0 bridgehead atoms. The molecular weight excluding hydrogens is 286 g/mol. The Hall–Kier alpha value is -2.20. The van der Waals surface area contributed by atoms with Crippen LogP contribution in [0.5, 0.6) is 0 Å². The van der Waals surface area contributed by atoms with Crippen LogP contribution in [-0.4, -0.2) is 47.7 Å². The highest BCUT2D eigenvalue weighted by Crippen LogP contribution is 2.07. The molecule has 0 aliphatic heterocycles. The number of nitrogens with zero attached hydrogens (tertiary/aromatic N) is 2. The topological polar surface area (TPSA) is 130 Å². The molecule has 1 atom stereocenters. The van der Waals surface area contributed by atoms with E-state index in [1.165, 1.54) is 31.9 Å². The number of H-pyrrole nitrogens is 2. The number of sulfonamides is 1. The van der Waals surface area contributed by atoms with Gasteiger partial charge in [-0.3, -0.25) is 9.89 Å². The van der Waals surface area contributed by atoms with Crippen LogP contribution in [0.15, 0.2) is 29.8 Å². The molecule has 108 valence electrons. The van der Waals surface area contributed by atoms with Gasteiger partial charge in [0.15, 0.2) is 5.03 Å². The number of imidazole rings is 1. The van der Waals surface area contributed by atoms with Crippen molar-refractivity contribution in [2.24, 2.45) is 0 Å². The minimum Gasteiger partial charge on any atom is -0.468 e. The fourth-order valence-corrected chi connectivity index (χ4v) is 2.67. The van der Waals surface area contributed by atoms with Gasteiger partial charge in [-0.1, -0.05) is 0 Å². The molecule has 10 heteroatoms. The molecule has 0 saturated heterocycles. The molecule has 0 radical (unpaired) electrons. The van der Waals surface area contributed by atoms with Crippen molar-refractivity contribution >= 4 is 16.0 Å². The summed E-state index contributed by atoms with van der Waals surface area (Å²) in [6, 6.07) is 0.223. The summed E-state index contributed by atoms with van der Waals surface area (Å²) in [5.41, 5.74) is 0.604. The molecule has 2 rings (SSSR count). The summed E-state index contributed by atoms with van der Waals surface area (Å²) in [6.07, 6.45) is 4.34. The number of carbonyl (C=O) groups is 1. The van der Waals surface area contributed by atoms with Gasteiger partial charge in [0.1, 0.15) is 6.04 Å². The molecule has 9 nitrogen and oxygen atoms in total. The van der Waals surface area contributed by atoms with Gasteiger partial charge in [-0.05, 0) is 6.07 Å². The van der Waals surface area contributed by atoms with Gasteiger partial charge in [0.05, 0.1) is 19.6 Å². The fraction of sp³-hybridized carbons (Fsp3) is 0.300. The van der Waals surface area contributed by atoms with Crippen LogP contribution in [0.4, 0.5) is 0 Å². The number of nitrogens with one attached hydrogen (secondary N) is 3. The summed E-state index contributed by atoms with van der Waals surface area (Å²) >= 11 is 0. The second kappa shape index (κ2) is 5.84. The van der Waals surface area contributed by atoms with Crippen LogP contribution in [0.2, 0.25) is 0 Å². The van der Waals surface area contributed by atoms with Crippen LogP contribution in [0.1, 0.15) is 5.69 Å². The van der Waals surface area contributed by atoms with Crippen molar-refractivity contribution in [1.82, 2.24) is 24.9 Å². The zero-order chi connectivity index (χ0) is 14.6. The minimum absolute atomic E-state index is 0.0973. The molecule has 2 aromatic rings. The Morgan fingerprint density at radius 2 is 2.35 bits per heavy atom. The number of rotatable bonds is 6. The fourth-order valence-electron chi connectivity index (χ4n) is 1.58. The summed E-state index contributed by atoms with van der Waals surface area (Å²) in [6.45, 7) is 0. The van der Waals surface area contributed by atoms with Crippen LogP contribution >= 0.6 is 0 Å². The number of carbonyl (C=O) groups excluding carboxylic acids is 1. The number of hydrogen-bond acceptors (Lipinski definition) is 6. The second-order valence-corrected chi connectivity index (χ2v) is 5.58. The van der Waals surface area contributed by atoms with Gasteiger partial charge in [0.2, 0.25) is 0 Å². The summed E-state index contributed by atoms with van der Waals surface area (Å²) in [4.78, 5) is 18.3. The molecular formula is C10H13N5O4S. The highest BCUT2D eigenvalue weighted by molar-refractivity contribution is 7.89. The first-order valence-corrected chi connectivity index (χ1v) is 7.08. The van der Waals surface area contributed by atoms with Crippen molar-refractivity contribution in [1.29, 1.82) is 0 Å². The van der Waals surface area contributed by atoms with E-state index >= 15 is 0 Å².